The number of carbonyl (C=O) groups excluding carboxylic acids is 1. The minimum atomic E-state index is -0.462. The Hall–Kier alpha value is -2.94. The molecule has 1 aromatic heterocycles. The van der Waals surface area contributed by atoms with Gasteiger partial charge in [-0.05, 0) is 38.1 Å². The van der Waals surface area contributed by atoms with Gasteiger partial charge in [-0.1, -0.05) is 35.9 Å². The van der Waals surface area contributed by atoms with Crippen LogP contribution in [-0.4, -0.2) is 59.5 Å². The zero-order valence-corrected chi connectivity index (χ0v) is 20.0. The molecule has 2 heterocycles. The summed E-state index contributed by atoms with van der Waals surface area (Å²) in [4.78, 5) is 15.3. The van der Waals surface area contributed by atoms with Crippen LogP contribution in [0.4, 0.5) is 4.39 Å². The second kappa shape index (κ2) is 11.0. The van der Waals surface area contributed by atoms with Crippen LogP contribution >= 0.6 is 11.6 Å². The van der Waals surface area contributed by atoms with Crippen LogP contribution in [-0.2, 0) is 4.74 Å². The van der Waals surface area contributed by atoms with Crippen LogP contribution in [0.3, 0.4) is 0 Å². The third kappa shape index (κ3) is 5.41. The first-order valence-corrected chi connectivity index (χ1v) is 11.7. The summed E-state index contributed by atoms with van der Waals surface area (Å²) < 4.78 is 27.8. The minimum absolute atomic E-state index is 0.0105. The average Bonchev–Trinajstić information content (AvgIpc) is 3.25. The Labute approximate surface area is 203 Å². The fourth-order valence-corrected chi connectivity index (χ4v) is 4.42. The molecule has 4 rings (SSSR count). The normalized spacial score (nSPS) is 17.4. The SMILES string of the molecule is CCOc1cn(-c2ccccc2)nc1C(=O)NCC(c1c(F)cccc1Cl)N1CCOC(C)C1. The number of ether oxygens (including phenoxy) is 2. The number of hydrogen-bond donors (Lipinski definition) is 1. The predicted molar refractivity (Wildman–Crippen MR) is 128 cm³/mol. The third-order valence-electron chi connectivity index (χ3n) is 5.72. The molecule has 180 valence electrons. The van der Waals surface area contributed by atoms with E-state index in [0.717, 1.165) is 5.69 Å². The summed E-state index contributed by atoms with van der Waals surface area (Å²) in [6.45, 7) is 6.07. The van der Waals surface area contributed by atoms with E-state index in [1.807, 2.05) is 44.2 Å². The standard InChI is InChI=1S/C25H28ClFN4O3/c1-3-33-22-16-31(18-8-5-4-6-9-18)29-24(22)25(32)28-14-21(30-12-13-34-17(2)15-30)23-19(26)10-7-11-20(23)27/h4-11,16-17,21H,3,12-15H2,1-2H3,(H,28,32). The molecular weight excluding hydrogens is 459 g/mol. The molecule has 1 aliphatic rings. The van der Waals surface area contributed by atoms with E-state index in [1.165, 1.54) is 6.07 Å². The highest BCUT2D eigenvalue weighted by atomic mass is 35.5. The number of nitrogens with zero attached hydrogens (tertiary/aromatic N) is 3. The zero-order valence-electron chi connectivity index (χ0n) is 19.2. The van der Waals surface area contributed by atoms with Gasteiger partial charge in [0, 0.05) is 30.2 Å². The maximum absolute atomic E-state index is 14.9. The number of carbonyl (C=O) groups is 1. The molecule has 2 atom stereocenters. The van der Waals surface area contributed by atoms with Crippen LogP contribution in [0.25, 0.3) is 5.69 Å². The molecule has 0 radical (unpaired) electrons. The van der Waals surface area contributed by atoms with Crippen molar-refractivity contribution in [2.75, 3.05) is 32.8 Å². The molecule has 0 spiro atoms. The molecule has 9 heteroatoms. The summed E-state index contributed by atoms with van der Waals surface area (Å²) in [6.07, 6.45) is 1.67. The number of para-hydroxylation sites is 1. The van der Waals surface area contributed by atoms with Crippen molar-refractivity contribution in [3.8, 4) is 11.4 Å². The van der Waals surface area contributed by atoms with E-state index in [2.05, 4.69) is 15.3 Å². The summed E-state index contributed by atoms with van der Waals surface area (Å²) in [6, 6.07) is 13.6. The Morgan fingerprint density at radius 3 is 2.79 bits per heavy atom. The number of hydrogen-bond acceptors (Lipinski definition) is 5. The number of halogens is 2. The summed E-state index contributed by atoms with van der Waals surface area (Å²) in [7, 11) is 0. The van der Waals surface area contributed by atoms with Crippen LogP contribution < -0.4 is 10.1 Å². The maximum atomic E-state index is 14.9. The lowest BCUT2D eigenvalue weighted by Crippen LogP contribution is -2.47. The highest BCUT2D eigenvalue weighted by Gasteiger charge is 2.30. The summed E-state index contributed by atoms with van der Waals surface area (Å²) in [5.74, 6) is -0.435. The summed E-state index contributed by atoms with van der Waals surface area (Å²) in [5.41, 5.74) is 1.33. The van der Waals surface area contributed by atoms with Crippen molar-refractivity contribution in [2.45, 2.75) is 26.0 Å². The molecule has 1 aliphatic heterocycles. The Bertz CT molecular complexity index is 1100. The molecule has 1 N–H and O–H groups in total. The van der Waals surface area contributed by atoms with E-state index in [0.29, 0.717) is 42.6 Å². The Balaban J connectivity index is 1.59. The van der Waals surface area contributed by atoms with E-state index in [9.17, 15) is 9.18 Å². The lowest BCUT2D eigenvalue weighted by Gasteiger charge is -2.38. The minimum Gasteiger partial charge on any atom is -0.490 e. The Morgan fingerprint density at radius 2 is 2.09 bits per heavy atom. The quantitative estimate of drug-likeness (QED) is 0.515. The van der Waals surface area contributed by atoms with Crippen molar-refractivity contribution < 1.29 is 18.7 Å². The predicted octanol–water partition coefficient (Wildman–Crippen LogP) is 4.26. The van der Waals surface area contributed by atoms with Crippen molar-refractivity contribution >= 4 is 17.5 Å². The monoisotopic (exact) mass is 486 g/mol. The van der Waals surface area contributed by atoms with Gasteiger partial charge in [-0.25, -0.2) is 9.07 Å². The number of benzene rings is 2. The van der Waals surface area contributed by atoms with E-state index >= 15 is 0 Å². The first-order valence-electron chi connectivity index (χ1n) is 11.3. The number of nitrogens with one attached hydrogen (secondary N) is 1. The second-order valence-electron chi connectivity index (χ2n) is 8.09. The summed E-state index contributed by atoms with van der Waals surface area (Å²) in [5, 5.41) is 7.70. The molecule has 2 unspecified atom stereocenters. The number of rotatable bonds is 8. The van der Waals surface area contributed by atoms with E-state index in [-0.39, 0.29) is 18.3 Å². The third-order valence-corrected chi connectivity index (χ3v) is 6.05. The fourth-order valence-electron chi connectivity index (χ4n) is 4.13. The lowest BCUT2D eigenvalue weighted by atomic mass is 10.0. The van der Waals surface area contributed by atoms with Crippen molar-refractivity contribution in [2.24, 2.45) is 0 Å². The van der Waals surface area contributed by atoms with Gasteiger partial charge in [0.25, 0.3) is 5.91 Å². The highest BCUT2D eigenvalue weighted by Crippen LogP contribution is 2.31. The maximum Gasteiger partial charge on any atom is 0.275 e. The number of amides is 1. The topological polar surface area (TPSA) is 68.6 Å². The Morgan fingerprint density at radius 1 is 1.29 bits per heavy atom. The van der Waals surface area contributed by atoms with Crippen molar-refractivity contribution in [1.29, 1.82) is 0 Å². The molecule has 0 saturated carbocycles. The van der Waals surface area contributed by atoms with Crippen molar-refractivity contribution in [1.82, 2.24) is 20.0 Å². The van der Waals surface area contributed by atoms with E-state index < -0.39 is 17.8 Å². The molecular formula is C25H28ClFN4O3. The van der Waals surface area contributed by atoms with Gasteiger partial charge in [-0.2, -0.15) is 5.10 Å². The molecule has 0 aliphatic carbocycles. The van der Waals surface area contributed by atoms with Gasteiger partial charge in [0.1, 0.15) is 5.82 Å². The fraction of sp³-hybridized carbons (Fsp3) is 0.360. The average molecular weight is 487 g/mol. The van der Waals surface area contributed by atoms with Crippen LogP contribution in [0.2, 0.25) is 5.02 Å². The van der Waals surface area contributed by atoms with Gasteiger partial charge in [0.05, 0.1) is 37.2 Å². The zero-order chi connectivity index (χ0) is 24.1. The summed E-state index contributed by atoms with van der Waals surface area (Å²) >= 11 is 6.40. The van der Waals surface area contributed by atoms with E-state index in [1.54, 1.807) is 23.0 Å². The van der Waals surface area contributed by atoms with Gasteiger partial charge in [0.2, 0.25) is 0 Å². The van der Waals surface area contributed by atoms with Crippen LogP contribution in [0, 0.1) is 5.82 Å². The molecule has 2 aromatic carbocycles. The first-order chi connectivity index (χ1) is 16.5. The van der Waals surface area contributed by atoms with Crippen LogP contribution in [0.1, 0.15) is 35.9 Å². The van der Waals surface area contributed by atoms with Crippen LogP contribution in [0.5, 0.6) is 5.75 Å². The molecule has 34 heavy (non-hydrogen) atoms. The second-order valence-corrected chi connectivity index (χ2v) is 8.50. The smallest absolute Gasteiger partial charge is 0.275 e. The number of morpholine rings is 1. The van der Waals surface area contributed by atoms with Gasteiger partial charge < -0.3 is 14.8 Å². The van der Waals surface area contributed by atoms with Crippen molar-refractivity contribution in [3.05, 3.63) is 76.8 Å². The van der Waals surface area contributed by atoms with E-state index in [4.69, 9.17) is 21.1 Å². The van der Waals surface area contributed by atoms with Crippen molar-refractivity contribution in [3.63, 3.8) is 0 Å². The largest absolute Gasteiger partial charge is 0.490 e. The Kier molecular flexibility index (Phi) is 7.82. The molecule has 0 bridgehead atoms. The number of aromatic nitrogens is 2. The van der Waals surface area contributed by atoms with Gasteiger partial charge in [0.15, 0.2) is 11.4 Å². The molecule has 3 aromatic rings. The van der Waals surface area contributed by atoms with Crippen LogP contribution in [0.15, 0.2) is 54.7 Å². The molecule has 1 fully saturated rings. The highest BCUT2D eigenvalue weighted by molar-refractivity contribution is 6.31. The molecule has 1 saturated heterocycles. The molecule has 7 nitrogen and oxygen atoms in total. The van der Waals surface area contributed by atoms with Gasteiger partial charge >= 0.3 is 0 Å². The van der Waals surface area contributed by atoms with Gasteiger partial charge in [-0.15, -0.1) is 0 Å². The molecule has 1 amide bonds. The first kappa shape index (κ1) is 24.2. The lowest BCUT2D eigenvalue weighted by molar-refractivity contribution is -0.0346. The van der Waals surface area contributed by atoms with Gasteiger partial charge in [-0.3, -0.25) is 9.69 Å².